The second kappa shape index (κ2) is 8.00. The monoisotopic (exact) mass is 343 g/mol. The van der Waals surface area contributed by atoms with Gasteiger partial charge in [-0.3, -0.25) is 0 Å². The lowest BCUT2D eigenvalue weighted by Gasteiger charge is -2.34. The van der Waals surface area contributed by atoms with Gasteiger partial charge in [-0.05, 0) is 31.4 Å². The Morgan fingerprint density at radius 3 is 2.88 bits per heavy atom. The number of benzene rings is 1. The summed E-state index contributed by atoms with van der Waals surface area (Å²) in [4.78, 5) is 18.7. The number of para-hydroxylation sites is 1. The van der Waals surface area contributed by atoms with E-state index in [1.807, 2.05) is 42.2 Å². The minimum absolute atomic E-state index is 0.0751. The van der Waals surface area contributed by atoms with Gasteiger partial charge in [0.1, 0.15) is 0 Å². The molecule has 0 unspecified atom stereocenters. The Labute approximate surface area is 147 Å². The summed E-state index contributed by atoms with van der Waals surface area (Å²) in [5.74, 6) is 1.04. The quantitative estimate of drug-likeness (QED) is 0.871. The van der Waals surface area contributed by atoms with Crippen molar-refractivity contribution >= 4 is 11.7 Å². The Hall–Kier alpha value is -2.57. The SMILES string of the molecule is CC[C@H](NC(=O)N1CCC[C@H](Nc2ccccc2)C1)c1noc(C)n1. The van der Waals surface area contributed by atoms with Crippen LogP contribution in [0.1, 0.15) is 43.9 Å². The Bertz CT molecular complexity index is 688. The molecule has 2 N–H and O–H groups in total. The lowest BCUT2D eigenvalue weighted by molar-refractivity contribution is 0.177. The van der Waals surface area contributed by atoms with Gasteiger partial charge in [0, 0.05) is 31.7 Å². The molecule has 2 atom stereocenters. The number of nitrogens with zero attached hydrogens (tertiary/aromatic N) is 3. The number of carbonyl (C=O) groups excluding carboxylic acids is 1. The molecule has 0 bridgehead atoms. The maximum atomic E-state index is 12.6. The van der Waals surface area contributed by atoms with E-state index in [4.69, 9.17) is 4.52 Å². The largest absolute Gasteiger partial charge is 0.381 e. The number of amides is 2. The molecule has 1 aromatic heterocycles. The molecule has 0 aliphatic carbocycles. The van der Waals surface area contributed by atoms with Crippen LogP contribution in [-0.4, -0.2) is 40.2 Å². The molecule has 3 rings (SSSR count). The fourth-order valence-corrected chi connectivity index (χ4v) is 3.10. The molecule has 1 fully saturated rings. The first-order valence-electron chi connectivity index (χ1n) is 8.83. The number of piperidine rings is 1. The highest BCUT2D eigenvalue weighted by molar-refractivity contribution is 5.74. The van der Waals surface area contributed by atoms with Crippen LogP contribution in [0.3, 0.4) is 0 Å². The minimum atomic E-state index is -0.229. The highest BCUT2D eigenvalue weighted by Gasteiger charge is 2.26. The maximum absolute atomic E-state index is 12.6. The van der Waals surface area contributed by atoms with E-state index < -0.39 is 0 Å². The number of rotatable bonds is 5. The summed E-state index contributed by atoms with van der Waals surface area (Å²) in [6.07, 6.45) is 2.75. The van der Waals surface area contributed by atoms with Gasteiger partial charge >= 0.3 is 6.03 Å². The van der Waals surface area contributed by atoms with Gasteiger partial charge in [0.2, 0.25) is 5.89 Å². The molecule has 2 aromatic rings. The number of hydrogen-bond donors (Lipinski definition) is 2. The van der Waals surface area contributed by atoms with Crippen molar-refractivity contribution in [2.24, 2.45) is 0 Å². The maximum Gasteiger partial charge on any atom is 0.318 e. The van der Waals surface area contributed by atoms with Crippen molar-refractivity contribution in [1.82, 2.24) is 20.4 Å². The molecular formula is C18H25N5O2. The molecular weight excluding hydrogens is 318 g/mol. The first-order chi connectivity index (χ1) is 12.2. The number of hydrogen-bond acceptors (Lipinski definition) is 5. The zero-order valence-electron chi connectivity index (χ0n) is 14.7. The summed E-state index contributed by atoms with van der Waals surface area (Å²) in [5.41, 5.74) is 1.09. The zero-order chi connectivity index (χ0) is 17.6. The van der Waals surface area contributed by atoms with Crippen molar-refractivity contribution in [3.63, 3.8) is 0 Å². The van der Waals surface area contributed by atoms with Crippen molar-refractivity contribution in [2.45, 2.75) is 45.2 Å². The summed E-state index contributed by atoms with van der Waals surface area (Å²) in [7, 11) is 0. The van der Waals surface area contributed by atoms with E-state index in [0.29, 0.717) is 24.7 Å². The minimum Gasteiger partial charge on any atom is -0.381 e. The molecule has 2 amide bonds. The van der Waals surface area contributed by atoms with Gasteiger partial charge < -0.3 is 20.1 Å². The van der Waals surface area contributed by atoms with Gasteiger partial charge in [0.15, 0.2) is 5.82 Å². The van der Waals surface area contributed by atoms with E-state index in [1.165, 1.54) is 0 Å². The molecule has 7 heteroatoms. The highest BCUT2D eigenvalue weighted by atomic mass is 16.5. The Morgan fingerprint density at radius 2 is 2.20 bits per heavy atom. The summed E-state index contributed by atoms with van der Waals surface area (Å²) in [6.45, 7) is 5.19. The predicted octanol–water partition coefficient (Wildman–Crippen LogP) is 3.12. The van der Waals surface area contributed by atoms with Crippen LogP contribution < -0.4 is 10.6 Å². The van der Waals surface area contributed by atoms with Gasteiger partial charge in [-0.15, -0.1) is 0 Å². The second-order valence-electron chi connectivity index (χ2n) is 6.38. The average molecular weight is 343 g/mol. The van der Waals surface area contributed by atoms with Gasteiger partial charge in [-0.1, -0.05) is 30.3 Å². The van der Waals surface area contributed by atoms with Crippen molar-refractivity contribution in [3.05, 3.63) is 42.0 Å². The number of aryl methyl sites for hydroxylation is 1. The number of carbonyl (C=O) groups is 1. The number of nitrogens with one attached hydrogen (secondary N) is 2. The molecule has 0 spiro atoms. The molecule has 25 heavy (non-hydrogen) atoms. The van der Waals surface area contributed by atoms with Gasteiger partial charge in [-0.25, -0.2) is 4.79 Å². The fraction of sp³-hybridized carbons (Fsp3) is 0.500. The van der Waals surface area contributed by atoms with Crippen LogP contribution in [0.4, 0.5) is 10.5 Å². The van der Waals surface area contributed by atoms with Crippen molar-refractivity contribution in [1.29, 1.82) is 0 Å². The lowest BCUT2D eigenvalue weighted by Crippen LogP contribution is -2.49. The number of urea groups is 1. The molecule has 0 saturated carbocycles. The van der Waals surface area contributed by atoms with Crippen LogP contribution in [0, 0.1) is 6.92 Å². The Kier molecular flexibility index (Phi) is 5.53. The summed E-state index contributed by atoms with van der Waals surface area (Å²) in [6, 6.07) is 10.1. The average Bonchev–Trinajstić information content (AvgIpc) is 3.07. The molecule has 7 nitrogen and oxygen atoms in total. The lowest BCUT2D eigenvalue weighted by atomic mass is 10.1. The van der Waals surface area contributed by atoms with E-state index in [9.17, 15) is 4.79 Å². The summed E-state index contributed by atoms with van der Waals surface area (Å²) >= 11 is 0. The molecule has 134 valence electrons. The third-order valence-electron chi connectivity index (χ3n) is 4.41. The normalized spacial score (nSPS) is 18.6. The van der Waals surface area contributed by atoms with Crippen LogP contribution in [-0.2, 0) is 0 Å². The molecule has 1 aliphatic rings. The van der Waals surface area contributed by atoms with E-state index in [0.717, 1.165) is 25.1 Å². The van der Waals surface area contributed by atoms with E-state index in [2.05, 4.69) is 20.8 Å². The van der Waals surface area contributed by atoms with Gasteiger partial charge in [0.25, 0.3) is 0 Å². The standard InChI is InChI=1S/C18H25N5O2/c1-3-16(17-19-13(2)25-22-17)21-18(24)23-11-7-10-15(12-23)20-14-8-5-4-6-9-14/h4-6,8-9,15-16,20H,3,7,10-12H2,1-2H3,(H,21,24)/t15-,16-/m0/s1. The number of anilines is 1. The van der Waals surface area contributed by atoms with Crippen LogP contribution in [0.25, 0.3) is 0 Å². The molecule has 0 radical (unpaired) electrons. The highest BCUT2D eigenvalue weighted by Crippen LogP contribution is 2.18. The second-order valence-corrected chi connectivity index (χ2v) is 6.38. The van der Waals surface area contributed by atoms with Gasteiger partial charge in [-0.2, -0.15) is 4.98 Å². The van der Waals surface area contributed by atoms with E-state index in [1.54, 1.807) is 6.92 Å². The summed E-state index contributed by atoms with van der Waals surface area (Å²) < 4.78 is 5.02. The molecule has 2 heterocycles. The smallest absolute Gasteiger partial charge is 0.318 e. The van der Waals surface area contributed by atoms with Crippen molar-refractivity contribution < 1.29 is 9.32 Å². The number of likely N-dealkylation sites (tertiary alicyclic amines) is 1. The van der Waals surface area contributed by atoms with Crippen LogP contribution in [0.15, 0.2) is 34.9 Å². The third-order valence-corrected chi connectivity index (χ3v) is 4.41. The van der Waals surface area contributed by atoms with E-state index >= 15 is 0 Å². The zero-order valence-corrected chi connectivity index (χ0v) is 14.7. The Balaban J connectivity index is 1.57. The molecule has 1 aliphatic heterocycles. The fourth-order valence-electron chi connectivity index (χ4n) is 3.10. The summed E-state index contributed by atoms with van der Waals surface area (Å²) in [5, 5.41) is 10.5. The van der Waals surface area contributed by atoms with Crippen LogP contribution >= 0.6 is 0 Å². The van der Waals surface area contributed by atoms with Crippen LogP contribution in [0.5, 0.6) is 0 Å². The first-order valence-corrected chi connectivity index (χ1v) is 8.83. The van der Waals surface area contributed by atoms with Crippen molar-refractivity contribution in [3.8, 4) is 0 Å². The Morgan fingerprint density at radius 1 is 1.40 bits per heavy atom. The van der Waals surface area contributed by atoms with Crippen molar-refractivity contribution in [2.75, 3.05) is 18.4 Å². The molecule has 1 aromatic carbocycles. The van der Waals surface area contributed by atoms with E-state index in [-0.39, 0.29) is 18.1 Å². The number of aromatic nitrogens is 2. The molecule has 1 saturated heterocycles. The third kappa shape index (κ3) is 4.49. The van der Waals surface area contributed by atoms with Gasteiger partial charge in [0.05, 0.1) is 6.04 Å². The first kappa shape index (κ1) is 17.3. The predicted molar refractivity (Wildman–Crippen MR) is 95.3 cm³/mol. The van der Waals surface area contributed by atoms with Crippen LogP contribution in [0.2, 0.25) is 0 Å². The topological polar surface area (TPSA) is 83.3 Å².